The van der Waals surface area contributed by atoms with Gasteiger partial charge in [-0.2, -0.15) is 0 Å². The normalized spacial score (nSPS) is 34.3. The lowest BCUT2D eigenvalue weighted by Crippen LogP contribution is -2.43. The monoisotopic (exact) mass is 328 g/mol. The molecule has 4 unspecified atom stereocenters. The summed E-state index contributed by atoms with van der Waals surface area (Å²) in [7, 11) is 0.0617. The maximum Gasteiger partial charge on any atom is 0.492 e. The Morgan fingerprint density at radius 2 is 2.00 bits per heavy atom. The first-order chi connectivity index (χ1) is 11.5. The van der Waals surface area contributed by atoms with E-state index in [9.17, 15) is 14.8 Å². The van der Waals surface area contributed by atoms with Crippen molar-refractivity contribution in [1.82, 2.24) is 0 Å². The minimum atomic E-state index is -1.51. The average molecular weight is 328 g/mol. The van der Waals surface area contributed by atoms with Gasteiger partial charge in [0.25, 0.3) is 0 Å². The van der Waals surface area contributed by atoms with E-state index in [-0.39, 0.29) is 5.41 Å². The quantitative estimate of drug-likeness (QED) is 0.813. The largest absolute Gasteiger partial charge is 0.497 e. The predicted molar refractivity (Wildman–Crippen MR) is 92.4 cm³/mol. The number of hydrogen-bond acceptors (Lipinski definition) is 4. The maximum absolute atomic E-state index is 12.4. The van der Waals surface area contributed by atoms with E-state index in [1.165, 1.54) is 11.1 Å². The van der Waals surface area contributed by atoms with Crippen molar-refractivity contribution in [2.24, 2.45) is 17.3 Å². The molecule has 3 aliphatic carbocycles. The molecule has 128 valence electrons. The lowest BCUT2D eigenvalue weighted by Gasteiger charge is -2.48. The van der Waals surface area contributed by atoms with E-state index in [1.807, 2.05) is 12.1 Å². The summed E-state index contributed by atoms with van der Waals surface area (Å²) in [6.07, 6.45) is 5.84. The summed E-state index contributed by atoms with van der Waals surface area (Å²) in [5.41, 5.74) is 2.86. The number of carbonyl (C=O) groups excluding carboxylic acids is 1. The van der Waals surface area contributed by atoms with Gasteiger partial charge < -0.3 is 14.8 Å². The molecule has 4 rings (SSSR count). The van der Waals surface area contributed by atoms with Gasteiger partial charge in [-0.05, 0) is 67.1 Å². The van der Waals surface area contributed by atoms with Crippen LogP contribution in [0.5, 0.6) is 5.75 Å². The zero-order chi connectivity index (χ0) is 17.1. The number of Topliss-reactive ketones (excluding diaryl/α,β-unsaturated/α-hetero) is 1. The second-order valence-corrected chi connectivity index (χ2v) is 8.00. The predicted octanol–water partition coefficient (Wildman–Crippen LogP) is 1.80. The van der Waals surface area contributed by atoms with Crippen LogP contribution < -0.4 is 10.2 Å². The summed E-state index contributed by atoms with van der Waals surface area (Å²) >= 11 is 0. The molecule has 1 aromatic carbocycles. The Balaban J connectivity index is 1.74. The molecule has 0 amide bonds. The summed E-state index contributed by atoms with van der Waals surface area (Å²) < 4.78 is 5.40. The van der Waals surface area contributed by atoms with Crippen LogP contribution in [0.3, 0.4) is 0 Å². The molecule has 0 aromatic heterocycles. The average Bonchev–Trinajstić information content (AvgIpc) is 2.88. The van der Waals surface area contributed by atoms with E-state index in [0.717, 1.165) is 38.5 Å². The second kappa shape index (κ2) is 5.60. The van der Waals surface area contributed by atoms with E-state index >= 15 is 0 Å². The topological polar surface area (TPSA) is 66.8 Å². The molecule has 4 atom stereocenters. The Kier molecular flexibility index (Phi) is 3.77. The Hall–Kier alpha value is -1.33. The molecule has 24 heavy (non-hydrogen) atoms. The molecule has 3 aliphatic rings. The van der Waals surface area contributed by atoms with Crippen LogP contribution in [-0.4, -0.2) is 30.1 Å². The number of ketones is 1. The van der Waals surface area contributed by atoms with Crippen LogP contribution in [0.15, 0.2) is 12.1 Å². The maximum atomic E-state index is 12.4. The number of rotatable bonds is 2. The Morgan fingerprint density at radius 1 is 1.21 bits per heavy atom. The summed E-state index contributed by atoms with van der Waals surface area (Å²) in [5.74, 6) is 2.56. The van der Waals surface area contributed by atoms with E-state index in [4.69, 9.17) is 4.74 Å². The molecular formula is C19H25BO4. The summed E-state index contributed by atoms with van der Waals surface area (Å²) in [4.78, 5) is 12.4. The number of methoxy groups -OCH3 is 1. The number of aryl methyl sites for hydroxylation is 1. The number of carbonyl (C=O) groups is 1. The number of hydrogen-bond donors (Lipinski definition) is 2. The molecular weight excluding hydrogens is 303 g/mol. The highest BCUT2D eigenvalue weighted by Gasteiger charge is 2.54. The molecule has 4 nitrogen and oxygen atoms in total. The fraction of sp³-hybridized carbons (Fsp3) is 0.632. The number of fused-ring (bicyclic) bond motifs is 5. The molecule has 1 aromatic rings. The van der Waals surface area contributed by atoms with Crippen LogP contribution in [0.2, 0.25) is 0 Å². The fourth-order valence-corrected chi connectivity index (χ4v) is 5.77. The van der Waals surface area contributed by atoms with Gasteiger partial charge in [0.05, 0.1) is 7.11 Å². The molecule has 0 heterocycles. The highest BCUT2D eigenvalue weighted by molar-refractivity contribution is 6.59. The van der Waals surface area contributed by atoms with E-state index in [1.54, 1.807) is 7.11 Å². The van der Waals surface area contributed by atoms with Crippen molar-refractivity contribution >= 4 is 18.4 Å². The third-order valence-electron chi connectivity index (χ3n) is 7.06. The van der Waals surface area contributed by atoms with Crippen LogP contribution in [0.25, 0.3) is 0 Å². The van der Waals surface area contributed by atoms with Crippen molar-refractivity contribution in [2.45, 2.75) is 51.4 Å². The highest BCUT2D eigenvalue weighted by Crippen LogP contribution is 2.59. The summed E-state index contributed by atoms with van der Waals surface area (Å²) in [6, 6.07) is 3.92. The minimum absolute atomic E-state index is 0.107. The van der Waals surface area contributed by atoms with E-state index < -0.39 is 7.12 Å². The van der Waals surface area contributed by atoms with Crippen LogP contribution >= 0.6 is 0 Å². The van der Waals surface area contributed by atoms with Gasteiger partial charge in [0, 0.05) is 17.3 Å². The second-order valence-electron chi connectivity index (χ2n) is 8.00. The van der Waals surface area contributed by atoms with Crippen molar-refractivity contribution in [2.75, 3.05) is 7.11 Å². The van der Waals surface area contributed by atoms with Crippen molar-refractivity contribution in [3.05, 3.63) is 23.3 Å². The summed E-state index contributed by atoms with van der Waals surface area (Å²) in [6.45, 7) is 2.19. The van der Waals surface area contributed by atoms with Gasteiger partial charge >= 0.3 is 7.12 Å². The standard InChI is InChI=1S/C19H25BO4/c1-19-8-7-12-13(15(19)5-6-18(19)21)4-3-11-9-16(20(22)23)17(24-2)10-14(11)12/h9-10,12-13,15,22-23H,3-8H2,1-2H3. The van der Waals surface area contributed by atoms with Crippen LogP contribution in [0.1, 0.15) is 56.1 Å². The van der Waals surface area contributed by atoms with Crippen molar-refractivity contribution in [3.8, 4) is 5.75 Å². The Bertz CT molecular complexity index is 686. The van der Waals surface area contributed by atoms with Crippen LogP contribution in [-0.2, 0) is 11.2 Å². The van der Waals surface area contributed by atoms with Gasteiger partial charge in [-0.3, -0.25) is 4.79 Å². The van der Waals surface area contributed by atoms with Crippen molar-refractivity contribution in [3.63, 3.8) is 0 Å². The van der Waals surface area contributed by atoms with Gasteiger partial charge in [0.2, 0.25) is 0 Å². The molecule has 2 N–H and O–H groups in total. The van der Waals surface area contributed by atoms with Gasteiger partial charge in [-0.15, -0.1) is 0 Å². The Labute approximate surface area is 143 Å². The van der Waals surface area contributed by atoms with Gasteiger partial charge in [-0.1, -0.05) is 13.0 Å². The first-order valence-electron chi connectivity index (χ1n) is 9.06. The van der Waals surface area contributed by atoms with Crippen LogP contribution in [0, 0.1) is 17.3 Å². The molecule has 2 saturated carbocycles. The zero-order valence-electron chi connectivity index (χ0n) is 14.4. The molecule has 0 aliphatic heterocycles. The molecule has 2 fully saturated rings. The van der Waals surface area contributed by atoms with Gasteiger partial charge in [-0.25, -0.2) is 0 Å². The third-order valence-corrected chi connectivity index (χ3v) is 7.06. The van der Waals surface area contributed by atoms with Gasteiger partial charge in [0.15, 0.2) is 0 Å². The zero-order valence-corrected chi connectivity index (χ0v) is 14.4. The van der Waals surface area contributed by atoms with Crippen molar-refractivity contribution in [1.29, 1.82) is 0 Å². The lowest BCUT2D eigenvalue weighted by atomic mass is 9.55. The Morgan fingerprint density at radius 3 is 2.71 bits per heavy atom. The first-order valence-corrected chi connectivity index (χ1v) is 9.06. The van der Waals surface area contributed by atoms with Crippen molar-refractivity contribution < 1.29 is 19.6 Å². The molecule has 0 radical (unpaired) electrons. The lowest BCUT2D eigenvalue weighted by molar-refractivity contribution is -0.129. The SMILES string of the molecule is COc1cc2c(cc1B(O)O)CCC1C2CCC2(C)C(=O)CCC12. The number of ether oxygens (including phenoxy) is 1. The van der Waals surface area contributed by atoms with Gasteiger partial charge in [0.1, 0.15) is 11.5 Å². The number of benzene rings is 1. The smallest absolute Gasteiger partial charge is 0.492 e. The van der Waals surface area contributed by atoms with E-state index in [0.29, 0.717) is 34.7 Å². The van der Waals surface area contributed by atoms with E-state index in [2.05, 4.69) is 6.92 Å². The minimum Gasteiger partial charge on any atom is -0.497 e. The highest BCUT2D eigenvalue weighted by atomic mass is 16.5. The first kappa shape index (κ1) is 16.2. The summed E-state index contributed by atoms with van der Waals surface area (Å²) in [5, 5.41) is 19.2. The molecule has 0 bridgehead atoms. The third kappa shape index (κ3) is 2.17. The van der Waals surface area contributed by atoms with Crippen LogP contribution in [0.4, 0.5) is 0 Å². The fourth-order valence-electron chi connectivity index (χ4n) is 5.77. The molecule has 5 heteroatoms. The molecule has 0 spiro atoms. The molecule has 0 saturated heterocycles.